The predicted molar refractivity (Wildman–Crippen MR) is 35.8 cm³/mol. The Kier molecular flexibility index (Phi) is 1.73. The van der Waals surface area contributed by atoms with Gasteiger partial charge < -0.3 is 12.9 Å². The minimum absolute atomic E-state index is 0.391. The zero-order valence-corrected chi connectivity index (χ0v) is 6.04. The molecule has 0 amide bonds. The van der Waals surface area contributed by atoms with Crippen LogP contribution in [0.2, 0.25) is 6.32 Å². The maximum atomic E-state index is 11.8. The van der Waals surface area contributed by atoms with Crippen LogP contribution in [-0.2, 0) is 0 Å². The molecular formula is C6H11BF3-. The van der Waals surface area contributed by atoms with Crippen molar-refractivity contribution in [1.29, 1.82) is 0 Å². The van der Waals surface area contributed by atoms with E-state index in [-0.39, 0.29) is 0 Å². The van der Waals surface area contributed by atoms with E-state index in [1.54, 1.807) is 6.92 Å². The average molecular weight is 151 g/mol. The van der Waals surface area contributed by atoms with Gasteiger partial charge >= 0.3 is 6.98 Å². The molecule has 0 nitrogen and oxygen atoms in total. The highest BCUT2D eigenvalue weighted by molar-refractivity contribution is 6.58. The first-order valence-corrected chi connectivity index (χ1v) is 3.62. The molecule has 1 saturated carbocycles. The van der Waals surface area contributed by atoms with Crippen molar-refractivity contribution in [3.8, 4) is 0 Å². The van der Waals surface area contributed by atoms with Crippen LogP contribution in [0.5, 0.6) is 0 Å². The van der Waals surface area contributed by atoms with Gasteiger partial charge in [0.1, 0.15) is 0 Å². The first kappa shape index (κ1) is 7.96. The lowest BCUT2D eigenvalue weighted by Gasteiger charge is -2.42. The van der Waals surface area contributed by atoms with Gasteiger partial charge in [0.15, 0.2) is 0 Å². The van der Waals surface area contributed by atoms with Crippen LogP contribution in [0.4, 0.5) is 12.9 Å². The average Bonchev–Trinajstić information content (AvgIpc) is 1.57. The van der Waals surface area contributed by atoms with Gasteiger partial charge in [0.25, 0.3) is 0 Å². The normalized spacial score (nSPS) is 24.0. The molecule has 0 aromatic rings. The number of hydrogen-bond donors (Lipinski definition) is 0. The lowest BCUT2D eigenvalue weighted by Crippen LogP contribution is -2.33. The Hall–Kier alpha value is -0.145. The summed E-state index contributed by atoms with van der Waals surface area (Å²) in [6.45, 7) is -2.82. The Morgan fingerprint density at radius 2 is 1.80 bits per heavy atom. The molecule has 0 bridgehead atoms. The van der Waals surface area contributed by atoms with Crippen molar-refractivity contribution in [2.75, 3.05) is 0 Å². The largest absolute Gasteiger partial charge is 0.478 e. The second kappa shape index (κ2) is 2.17. The Morgan fingerprint density at radius 3 is 1.90 bits per heavy atom. The van der Waals surface area contributed by atoms with Gasteiger partial charge in [0.2, 0.25) is 0 Å². The van der Waals surface area contributed by atoms with Gasteiger partial charge in [-0.1, -0.05) is 37.9 Å². The fraction of sp³-hybridized carbons (Fsp3) is 1.00. The molecular weight excluding hydrogens is 140 g/mol. The first-order valence-electron chi connectivity index (χ1n) is 3.62. The first-order chi connectivity index (χ1) is 4.41. The van der Waals surface area contributed by atoms with E-state index in [0.29, 0.717) is 0 Å². The third kappa shape index (κ3) is 1.92. The molecule has 1 rings (SSSR count). The minimum Gasteiger partial charge on any atom is -0.449 e. The number of rotatable bonds is 2. The van der Waals surface area contributed by atoms with Crippen LogP contribution in [0.25, 0.3) is 0 Å². The van der Waals surface area contributed by atoms with E-state index in [1.165, 1.54) is 0 Å². The number of halogens is 3. The lowest BCUT2D eigenvalue weighted by atomic mass is 9.59. The zero-order chi connectivity index (χ0) is 7.83. The highest BCUT2D eigenvalue weighted by atomic mass is 19.4. The van der Waals surface area contributed by atoms with E-state index in [9.17, 15) is 12.9 Å². The predicted octanol–water partition coefficient (Wildman–Crippen LogP) is 3.02. The fourth-order valence-corrected chi connectivity index (χ4v) is 1.54. The second-order valence-corrected chi connectivity index (χ2v) is 3.58. The van der Waals surface area contributed by atoms with E-state index >= 15 is 0 Å². The van der Waals surface area contributed by atoms with Gasteiger partial charge in [-0.05, 0) is 0 Å². The Morgan fingerprint density at radius 1 is 1.30 bits per heavy atom. The summed E-state index contributed by atoms with van der Waals surface area (Å²) in [4.78, 5) is 0. The minimum atomic E-state index is -4.55. The van der Waals surface area contributed by atoms with Gasteiger partial charge in [-0.2, -0.15) is 0 Å². The smallest absolute Gasteiger partial charge is 0.449 e. The van der Waals surface area contributed by atoms with E-state index in [2.05, 4.69) is 0 Å². The standard InChI is InChI=1S/C6H11BF3/c1-6(3-2-4-6)5-7(8,9)10/h2-5H2,1H3/q-1. The van der Waals surface area contributed by atoms with Crippen LogP contribution in [-0.4, -0.2) is 6.98 Å². The Labute approximate surface area is 58.9 Å². The molecule has 0 atom stereocenters. The van der Waals surface area contributed by atoms with Crippen LogP contribution in [0, 0.1) is 5.41 Å². The molecule has 4 heteroatoms. The highest BCUT2D eigenvalue weighted by Crippen LogP contribution is 2.47. The summed E-state index contributed by atoms with van der Waals surface area (Å²) in [6, 6.07) is 0. The molecule has 1 aliphatic carbocycles. The molecule has 0 aromatic carbocycles. The molecule has 0 heterocycles. The van der Waals surface area contributed by atoms with Gasteiger partial charge in [-0.15, -0.1) is 0 Å². The van der Waals surface area contributed by atoms with E-state index in [0.717, 1.165) is 19.3 Å². The highest BCUT2D eigenvalue weighted by Gasteiger charge is 2.39. The molecule has 0 aromatic heterocycles. The van der Waals surface area contributed by atoms with Crippen molar-refractivity contribution >= 4 is 6.98 Å². The van der Waals surface area contributed by atoms with Crippen molar-refractivity contribution < 1.29 is 12.9 Å². The van der Waals surface area contributed by atoms with E-state index in [1.807, 2.05) is 0 Å². The van der Waals surface area contributed by atoms with E-state index in [4.69, 9.17) is 0 Å². The van der Waals surface area contributed by atoms with Crippen LogP contribution in [0.1, 0.15) is 26.2 Å². The third-order valence-electron chi connectivity index (χ3n) is 2.28. The molecule has 1 fully saturated rings. The molecule has 0 radical (unpaired) electrons. The van der Waals surface area contributed by atoms with Crippen molar-refractivity contribution in [3.63, 3.8) is 0 Å². The van der Waals surface area contributed by atoms with Crippen LogP contribution < -0.4 is 0 Å². The summed E-state index contributed by atoms with van der Waals surface area (Å²) < 4.78 is 35.5. The SMILES string of the molecule is CC1(C[B-](F)(F)F)CCC1. The summed E-state index contributed by atoms with van der Waals surface area (Å²) in [5.41, 5.74) is -0.391. The maximum Gasteiger partial charge on any atom is 0.478 e. The molecule has 0 unspecified atom stereocenters. The van der Waals surface area contributed by atoms with Gasteiger partial charge in [-0.3, -0.25) is 0 Å². The lowest BCUT2D eigenvalue weighted by molar-refractivity contribution is 0.173. The molecule has 0 spiro atoms. The topological polar surface area (TPSA) is 0 Å². The Balaban J connectivity index is 2.37. The monoisotopic (exact) mass is 151 g/mol. The summed E-state index contributed by atoms with van der Waals surface area (Å²) in [5.74, 6) is 0. The zero-order valence-electron chi connectivity index (χ0n) is 6.04. The van der Waals surface area contributed by atoms with Crippen LogP contribution in [0.15, 0.2) is 0 Å². The van der Waals surface area contributed by atoms with Crippen LogP contribution in [0.3, 0.4) is 0 Å². The molecule has 10 heavy (non-hydrogen) atoms. The molecule has 0 aliphatic heterocycles. The molecule has 0 N–H and O–H groups in total. The second-order valence-electron chi connectivity index (χ2n) is 3.58. The Bertz CT molecular complexity index is 125. The molecule has 1 aliphatic rings. The summed E-state index contributed by atoms with van der Waals surface area (Å²) >= 11 is 0. The quantitative estimate of drug-likeness (QED) is 0.532. The molecule has 60 valence electrons. The van der Waals surface area contributed by atoms with Crippen molar-refractivity contribution in [3.05, 3.63) is 0 Å². The van der Waals surface area contributed by atoms with Crippen molar-refractivity contribution in [2.45, 2.75) is 32.5 Å². The van der Waals surface area contributed by atoms with E-state index < -0.39 is 18.7 Å². The van der Waals surface area contributed by atoms with Crippen molar-refractivity contribution in [1.82, 2.24) is 0 Å². The van der Waals surface area contributed by atoms with Gasteiger partial charge in [0, 0.05) is 0 Å². The summed E-state index contributed by atoms with van der Waals surface area (Å²) in [7, 11) is 0. The summed E-state index contributed by atoms with van der Waals surface area (Å²) in [5, 5.41) is 0. The number of hydrogen-bond acceptors (Lipinski definition) is 0. The maximum absolute atomic E-state index is 11.8. The third-order valence-corrected chi connectivity index (χ3v) is 2.28. The van der Waals surface area contributed by atoms with Gasteiger partial charge in [0.05, 0.1) is 0 Å². The van der Waals surface area contributed by atoms with Crippen molar-refractivity contribution in [2.24, 2.45) is 5.41 Å². The molecule has 0 saturated heterocycles. The van der Waals surface area contributed by atoms with Crippen LogP contribution >= 0.6 is 0 Å². The summed E-state index contributed by atoms with van der Waals surface area (Å²) in [6.07, 6.45) is 1.96. The van der Waals surface area contributed by atoms with Gasteiger partial charge in [-0.25, -0.2) is 0 Å². The fourth-order valence-electron chi connectivity index (χ4n) is 1.54.